The van der Waals surface area contributed by atoms with Crippen LogP contribution in [0.4, 0.5) is 10.5 Å². The number of carbonyl (C=O) groups excluding carboxylic acids is 2. The molecule has 0 radical (unpaired) electrons. The topological polar surface area (TPSA) is 98.3 Å². The molecule has 0 spiro atoms. The minimum absolute atomic E-state index is 0.223. The van der Waals surface area contributed by atoms with Crippen molar-refractivity contribution in [3.63, 3.8) is 0 Å². The molecule has 0 fully saturated rings. The molecule has 2 amide bonds. The van der Waals surface area contributed by atoms with Crippen LogP contribution < -0.4 is 20.2 Å². The van der Waals surface area contributed by atoms with Crippen molar-refractivity contribution in [2.45, 2.75) is 13.8 Å². The summed E-state index contributed by atoms with van der Waals surface area (Å²) in [6.45, 7) is 3.75. The number of hydrogen-bond acceptors (Lipinski definition) is 6. The van der Waals surface area contributed by atoms with Crippen molar-refractivity contribution in [1.82, 2.24) is 5.43 Å². The minimum Gasteiger partial charge on any atom is -0.490 e. The van der Waals surface area contributed by atoms with Gasteiger partial charge in [0.15, 0.2) is 18.1 Å². The fourth-order valence-electron chi connectivity index (χ4n) is 2.28. The summed E-state index contributed by atoms with van der Waals surface area (Å²) >= 11 is 6.24. The van der Waals surface area contributed by atoms with Gasteiger partial charge in [0, 0.05) is 5.69 Å². The molecule has 9 heteroatoms. The second kappa shape index (κ2) is 10.9. The van der Waals surface area contributed by atoms with Crippen LogP contribution in [-0.4, -0.2) is 38.5 Å². The zero-order valence-corrected chi connectivity index (χ0v) is 17.1. The fourth-order valence-corrected chi connectivity index (χ4v) is 2.56. The Morgan fingerprint density at radius 3 is 2.66 bits per heavy atom. The molecule has 8 nitrogen and oxygen atoms in total. The van der Waals surface area contributed by atoms with Crippen molar-refractivity contribution < 1.29 is 23.8 Å². The molecule has 0 heterocycles. The molecule has 0 aromatic heterocycles. The van der Waals surface area contributed by atoms with Crippen LogP contribution >= 0.6 is 11.6 Å². The van der Waals surface area contributed by atoms with Gasteiger partial charge in [-0.15, -0.1) is 0 Å². The molecule has 29 heavy (non-hydrogen) atoms. The first-order valence-corrected chi connectivity index (χ1v) is 9.14. The summed E-state index contributed by atoms with van der Waals surface area (Å²) in [6, 6.07) is 10.1. The Hall–Kier alpha value is -3.26. The molecular formula is C20H22ClN3O5. The number of amides is 2. The number of methoxy groups -OCH3 is 1. The van der Waals surface area contributed by atoms with E-state index in [4.69, 9.17) is 21.1 Å². The third-order valence-corrected chi connectivity index (χ3v) is 3.95. The number of rotatable bonds is 8. The van der Waals surface area contributed by atoms with E-state index in [1.54, 1.807) is 25.1 Å². The minimum atomic E-state index is -0.544. The lowest BCUT2D eigenvalue weighted by atomic mass is 10.2. The predicted molar refractivity (Wildman–Crippen MR) is 111 cm³/mol. The van der Waals surface area contributed by atoms with E-state index < -0.39 is 12.0 Å². The molecule has 2 aromatic rings. The number of nitrogens with zero attached hydrogens (tertiary/aromatic N) is 1. The molecule has 0 unspecified atom stereocenters. The van der Waals surface area contributed by atoms with Gasteiger partial charge in [-0.2, -0.15) is 5.10 Å². The van der Waals surface area contributed by atoms with Crippen molar-refractivity contribution in [1.29, 1.82) is 0 Å². The maximum atomic E-state index is 12.0. The van der Waals surface area contributed by atoms with E-state index in [0.29, 0.717) is 23.6 Å². The molecule has 2 aromatic carbocycles. The predicted octanol–water partition coefficient (Wildman–Crippen LogP) is 3.75. The Labute approximate surface area is 173 Å². The van der Waals surface area contributed by atoms with Gasteiger partial charge in [0.1, 0.15) is 0 Å². The molecular weight excluding hydrogens is 398 g/mol. The van der Waals surface area contributed by atoms with Gasteiger partial charge in [-0.05, 0) is 43.2 Å². The van der Waals surface area contributed by atoms with Gasteiger partial charge in [-0.3, -0.25) is 0 Å². The number of benzene rings is 2. The van der Waals surface area contributed by atoms with E-state index in [1.807, 2.05) is 25.1 Å². The number of anilines is 1. The van der Waals surface area contributed by atoms with Gasteiger partial charge in [0.2, 0.25) is 0 Å². The Morgan fingerprint density at radius 1 is 1.21 bits per heavy atom. The molecule has 0 aliphatic heterocycles. The molecule has 0 saturated carbocycles. The Balaban J connectivity index is 2.06. The van der Waals surface area contributed by atoms with Gasteiger partial charge >= 0.3 is 12.0 Å². The quantitative estimate of drug-likeness (QED) is 0.385. The molecule has 0 aliphatic carbocycles. The molecule has 2 N–H and O–H groups in total. The lowest BCUT2D eigenvalue weighted by Gasteiger charge is -2.13. The average Bonchev–Trinajstić information content (AvgIpc) is 2.69. The van der Waals surface area contributed by atoms with Crippen LogP contribution in [0.25, 0.3) is 0 Å². The van der Waals surface area contributed by atoms with Crippen molar-refractivity contribution in [3.8, 4) is 11.5 Å². The Morgan fingerprint density at radius 2 is 1.97 bits per heavy atom. The normalized spacial score (nSPS) is 10.5. The summed E-state index contributed by atoms with van der Waals surface area (Å²) in [6.07, 6.45) is 1.41. The third-order valence-electron chi connectivity index (χ3n) is 3.67. The summed E-state index contributed by atoms with van der Waals surface area (Å²) in [7, 11) is 1.26. The van der Waals surface area contributed by atoms with Crippen molar-refractivity contribution in [3.05, 3.63) is 52.5 Å². The number of carbonyl (C=O) groups is 2. The molecule has 0 bridgehead atoms. The monoisotopic (exact) mass is 419 g/mol. The summed E-state index contributed by atoms with van der Waals surface area (Å²) in [4.78, 5) is 23.3. The van der Waals surface area contributed by atoms with Crippen LogP contribution in [0.15, 0.2) is 41.5 Å². The summed E-state index contributed by atoms with van der Waals surface area (Å²) in [5.74, 6) is 0.0223. The number of nitrogens with one attached hydrogen (secondary N) is 2. The molecule has 0 atom stereocenters. The maximum Gasteiger partial charge on any atom is 0.343 e. The van der Waals surface area contributed by atoms with Gasteiger partial charge in [0.05, 0.1) is 25.0 Å². The van der Waals surface area contributed by atoms with Crippen molar-refractivity contribution in [2.75, 3.05) is 25.6 Å². The highest BCUT2D eigenvalue weighted by atomic mass is 35.5. The van der Waals surface area contributed by atoms with E-state index in [0.717, 1.165) is 5.56 Å². The first-order chi connectivity index (χ1) is 13.9. The zero-order chi connectivity index (χ0) is 21.2. The lowest BCUT2D eigenvalue weighted by Crippen LogP contribution is -2.24. The average molecular weight is 420 g/mol. The maximum absolute atomic E-state index is 12.0. The van der Waals surface area contributed by atoms with E-state index >= 15 is 0 Å². The third kappa shape index (κ3) is 6.69. The fraction of sp³-hybridized carbons (Fsp3) is 0.250. The smallest absolute Gasteiger partial charge is 0.343 e. The first kappa shape index (κ1) is 22.0. The Bertz CT molecular complexity index is 902. The number of halogens is 1. The highest BCUT2D eigenvalue weighted by molar-refractivity contribution is 6.32. The van der Waals surface area contributed by atoms with Crippen molar-refractivity contribution in [2.24, 2.45) is 5.10 Å². The first-order valence-electron chi connectivity index (χ1n) is 8.76. The SMILES string of the molecule is CCOc1cc(C=NNC(=O)Nc2ccccc2C)cc(Cl)c1OCC(=O)OC. The van der Waals surface area contributed by atoms with Gasteiger partial charge in [-0.25, -0.2) is 15.0 Å². The van der Waals surface area contributed by atoms with E-state index in [9.17, 15) is 9.59 Å². The van der Waals surface area contributed by atoms with E-state index in [-0.39, 0.29) is 17.4 Å². The summed E-state index contributed by atoms with van der Waals surface area (Å²) < 4.78 is 15.5. The highest BCUT2D eigenvalue weighted by Crippen LogP contribution is 2.36. The number of hydrogen-bond donors (Lipinski definition) is 2. The zero-order valence-electron chi connectivity index (χ0n) is 16.3. The van der Waals surface area contributed by atoms with Gasteiger partial charge in [0.25, 0.3) is 0 Å². The number of aryl methyl sites for hydroxylation is 1. The summed E-state index contributed by atoms with van der Waals surface area (Å²) in [5.41, 5.74) is 4.57. The standard InChI is InChI=1S/C20H22ClN3O5/c1-4-28-17-10-14(9-15(21)19(17)29-12-18(25)27-3)11-22-24-20(26)23-16-8-6-5-7-13(16)2/h5-11H,4,12H2,1-3H3,(H2,23,24,26). The Kier molecular flexibility index (Phi) is 8.29. The van der Waals surface area contributed by atoms with Crippen LogP contribution in [0.5, 0.6) is 11.5 Å². The number of para-hydroxylation sites is 1. The molecule has 154 valence electrons. The second-order valence-electron chi connectivity index (χ2n) is 5.77. The number of esters is 1. The molecule has 0 saturated heterocycles. The largest absolute Gasteiger partial charge is 0.490 e. The molecule has 2 rings (SSSR count). The lowest BCUT2D eigenvalue weighted by molar-refractivity contribution is -0.142. The van der Waals surface area contributed by atoms with Crippen molar-refractivity contribution >= 4 is 35.5 Å². The highest BCUT2D eigenvalue weighted by Gasteiger charge is 2.14. The molecule has 0 aliphatic rings. The number of urea groups is 1. The second-order valence-corrected chi connectivity index (χ2v) is 6.17. The number of hydrazone groups is 1. The number of ether oxygens (including phenoxy) is 3. The van der Waals surface area contributed by atoms with Crippen LogP contribution in [0.3, 0.4) is 0 Å². The van der Waals surface area contributed by atoms with E-state index in [2.05, 4.69) is 20.6 Å². The van der Waals surface area contributed by atoms with Gasteiger partial charge in [-0.1, -0.05) is 29.8 Å². The van der Waals surface area contributed by atoms with Crippen LogP contribution in [-0.2, 0) is 9.53 Å². The van der Waals surface area contributed by atoms with E-state index in [1.165, 1.54) is 13.3 Å². The van der Waals surface area contributed by atoms with Crippen LogP contribution in [0.1, 0.15) is 18.1 Å². The summed E-state index contributed by atoms with van der Waals surface area (Å²) in [5, 5.41) is 6.84. The van der Waals surface area contributed by atoms with Crippen LogP contribution in [0.2, 0.25) is 5.02 Å². The van der Waals surface area contributed by atoms with Gasteiger partial charge < -0.3 is 19.5 Å². The van der Waals surface area contributed by atoms with Crippen LogP contribution in [0, 0.1) is 6.92 Å².